The van der Waals surface area contributed by atoms with E-state index in [0.29, 0.717) is 5.76 Å². The van der Waals surface area contributed by atoms with Gasteiger partial charge in [-0.05, 0) is 106 Å². The van der Waals surface area contributed by atoms with Gasteiger partial charge in [-0.15, -0.1) is 0 Å². The first-order chi connectivity index (χ1) is 19.6. The van der Waals surface area contributed by atoms with E-state index in [2.05, 4.69) is 40.3 Å². The zero-order valence-corrected chi connectivity index (χ0v) is 30.5. The molecule has 11 heteroatoms. The summed E-state index contributed by atoms with van der Waals surface area (Å²) in [6, 6.07) is 15.7. The van der Waals surface area contributed by atoms with Gasteiger partial charge in [0.25, 0.3) is 0 Å². The molecule has 1 saturated carbocycles. The Kier molecular flexibility index (Phi) is 11.2. The molecule has 1 atom stereocenters. The molecule has 4 aromatic rings. The standard InChI is InChI=1S/C32H38N3O5P.2Na/c1-21-6-9-25(28(18-21)35-15-4-3-5-16-35)30(29-11-7-22(2)40-29)34-31(36)32(13-14-32)24-8-10-27-26(19-24)23(20-33-27)12-17-41(37,38)39;;/h6-11,18-20,30,33H,3-5,12-17H2,1-2H3,(H,34,36)(H2,37,38,39);;/q;2*+1/p-2. The van der Waals surface area contributed by atoms with E-state index in [4.69, 9.17) is 4.42 Å². The number of aromatic amines is 1. The van der Waals surface area contributed by atoms with Crippen LogP contribution < -0.4 is 79.1 Å². The number of aryl methyl sites for hydroxylation is 3. The molecule has 2 aliphatic rings. The first-order valence-electron chi connectivity index (χ1n) is 14.5. The van der Waals surface area contributed by atoms with Crippen molar-refractivity contribution in [3.63, 3.8) is 0 Å². The maximum atomic E-state index is 14.2. The molecule has 0 spiro atoms. The quantitative estimate of drug-likeness (QED) is 0.179. The second-order valence-electron chi connectivity index (χ2n) is 11.7. The summed E-state index contributed by atoms with van der Waals surface area (Å²) in [6.45, 7) is 5.99. The Morgan fingerprint density at radius 3 is 2.44 bits per heavy atom. The summed E-state index contributed by atoms with van der Waals surface area (Å²) in [6.07, 6.45) is 6.43. The summed E-state index contributed by atoms with van der Waals surface area (Å²) in [4.78, 5) is 42.3. The molecular formula is C32H36N3Na2O5P. The maximum Gasteiger partial charge on any atom is 1.00 e. The summed E-state index contributed by atoms with van der Waals surface area (Å²) in [5.74, 6) is 1.44. The van der Waals surface area contributed by atoms with E-state index in [9.17, 15) is 19.1 Å². The van der Waals surface area contributed by atoms with Crippen LogP contribution in [0.4, 0.5) is 5.69 Å². The topological polar surface area (TPSA) is 124 Å². The maximum absolute atomic E-state index is 14.2. The van der Waals surface area contributed by atoms with E-state index in [0.717, 1.165) is 77.8 Å². The van der Waals surface area contributed by atoms with Gasteiger partial charge < -0.3 is 34.0 Å². The first-order valence-corrected chi connectivity index (χ1v) is 16.2. The zero-order valence-electron chi connectivity index (χ0n) is 25.6. The summed E-state index contributed by atoms with van der Waals surface area (Å²) in [7, 11) is -4.61. The first kappa shape index (κ1) is 34.6. The number of furan rings is 1. The van der Waals surface area contributed by atoms with Crippen molar-refractivity contribution in [3.8, 4) is 0 Å². The van der Waals surface area contributed by atoms with Gasteiger partial charge in [0, 0.05) is 41.4 Å². The average molecular weight is 620 g/mol. The van der Waals surface area contributed by atoms with Gasteiger partial charge in [-0.1, -0.05) is 25.8 Å². The largest absolute Gasteiger partial charge is 1.00 e. The third kappa shape index (κ3) is 7.57. The van der Waals surface area contributed by atoms with Gasteiger partial charge in [0.1, 0.15) is 17.6 Å². The van der Waals surface area contributed by atoms with Gasteiger partial charge in [-0.3, -0.25) is 4.79 Å². The fourth-order valence-electron chi connectivity index (χ4n) is 6.20. The molecule has 1 unspecified atom stereocenters. The molecule has 8 nitrogen and oxygen atoms in total. The monoisotopic (exact) mass is 619 g/mol. The van der Waals surface area contributed by atoms with Crippen LogP contribution in [0.5, 0.6) is 0 Å². The van der Waals surface area contributed by atoms with Crippen molar-refractivity contribution in [1.82, 2.24) is 10.3 Å². The Bertz CT molecular complexity index is 1630. The number of piperidine rings is 1. The van der Waals surface area contributed by atoms with Crippen LogP contribution in [0.25, 0.3) is 10.9 Å². The van der Waals surface area contributed by atoms with Crippen LogP contribution in [0.15, 0.2) is 59.1 Å². The van der Waals surface area contributed by atoms with Crippen molar-refractivity contribution in [3.05, 3.63) is 88.5 Å². The molecule has 0 radical (unpaired) electrons. The smallest absolute Gasteiger partial charge is 0.811 e. The van der Waals surface area contributed by atoms with Gasteiger partial charge in [0.15, 0.2) is 0 Å². The number of benzene rings is 2. The SMILES string of the molecule is Cc1ccc(C(NC(=O)C2(c3ccc4[nH]cc(CCP(=O)([O-])[O-])c4c3)CC2)c2ccc(C)o2)c(N2CCCCC2)c1.[Na+].[Na+]. The fourth-order valence-corrected chi connectivity index (χ4v) is 6.71. The number of nitrogens with one attached hydrogen (secondary N) is 2. The third-order valence-corrected chi connectivity index (χ3v) is 9.45. The number of nitrogens with zero attached hydrogens (tertiary/aromatic N) is 1. The molecule has 43 heavy (non-hydrogen) atoms. The van der Waals surface area contributed by atoms with E-state index in [1.165, 1.54) is 12.0 Å². The number of hydrogen-bond donors (Lipinski definition) is 2. The number of rotatable bonds is 9. The molecule has 0 bridgehead atoms. The van der Waals surface area contributed by atoms with Gasteiger partial charge >= 0.3 is 59.1 Å². The second kappa shape index (κ2) is 14.0. The summed E-state index contributed by atoms with van der Waals surface area (Å²) >= 11 is 0. The number of carbonyl (C=O) groups excluding carboxylic acids is 1. The molecule has 6 rings (SSSR count). The number of aromatic nitrogens is 1. The van der Waals surface area contributed by atoms with E-state index in [1.54, 1.807) is 6.20 Å². The van der Waals surface area contributed by atoms with Gasteiger partial charge in [-0.2, -0.15) is 0 Å². The number of carbonyl (C=O) groups is 1. The minimum atomic E-state index is -4.61. The minimum absolute atomic E-state index is 0. The number of fused-ring (bicyclic) bond motifs is 1. The van der Waals surface area contributed by atoms with Crippen molar-refractivity contribution < 1.29 is 82.7 Å². The fraction of sp³-hybridized carbons (Fsp3) is 0.406. The Morgan fingerprint density at radius 1 is 1.05 bits per heavy atom. The van der Waals surface area contributed by atoms with E-state index in [-0.39, 0.29) is 71.4 Å². The van der Waals surface area contributed by atoms with Crippen molar-refractivity contribution in [1.29, 1.82) is 0 Å². The van der Waals surface area contributed by atoms with E-state index < -0.39 is 25.2 Å². The average Bonchev–Trinajstić information content (AvgIpc) is 3.50. The second-order valence-corrected chi connectivity index (χ2v) is 13.4. The molecule has 1 aliphatic carbocycles. The molecular weight excluding hydrogens is 583 g/mol. The van der Waals surface area contributed by atoms with Crippen LogP contribution in [-0.4, -0.2) is 30.1 Å². The predicted octanol–water partition coefficient (Wildman–Crippen LogP) is -1.23. The molecule has 216 valence electrons. The van der Waals surface area contributed by atoms with Crippen LogP contribution in [0.2, 0.25) is 0 Å². The number of H-pyrrole nitrogens is 1. The molecule has 2 N–H and O–H groups in total. The minimum Gasteiger partial charge on any atom is -0.811 e. The van der Waals surface area contributed by atoms with Gasteiger partial charge in [-0.25, -0.2) is 0 Å². The summed E-state index contributed by atoms with van der Waals surface area (Å²) in [5, 5.41) is 4.22. The van der Waals surface area contributed by atoms with Crippen molar-refractivity contribution in [2.45, 2.75) is 63.8 Å². The summed E-state index contributed by atoms with van der Waals surface area (Å²) in [5.41, 5.74) is 5.17. The Hall–Kier alpha value is -1.32. The number of hydrogen-bond acceptors (Lipinski definition) is 6. The van der Waals surface area contributed by atoms with Crippen molar-refractivity contribution in [2.24, 2.45) is 0 Å². The van der Waals surface area contributed by atoms with Crippen LogP contribution in [0.3, 0.4) is 0 Å². The van der Waals surface area contributed by atoms with Gasteiger partial charge in [0.2, 0.25) is 5.91 Å². The van der Waals surface area contributed by atoms with Crippen LogP contribution in [0, 0.1) is 13.8 Å². The van der Waals surface area contributed by atoms with Crippen molar-refractivity contribution >= 4 is 30.1 Å². The molecule has 1 aliphatic heterocycles. The molecule has 2 aromatic carbocycles. The molecule has 3 heterocycles. The normalized spacial score (nSPS) is 16.7. The Morgan fingerprint density at radius 2 is 1.79 bits per heavy atom. The Labute approximate surface area is 297 Å². The van der Waals surface area contributed by atoms with Crippen LogP contribution in [-0.2, 0) is 21.2 Å². The molecule has 2 fully saturated rings. The number of anilines is 1. The van der Waals surface area contributed by atoms with Crippen molar-refractivity contribution in [2.75, 3.05) is 24.2 Å². The summed E-state index contributed by atoms with van der Waals surface area (Å²) < 4.78 is 17.4. The predicted molar refractivity (Wildman–Crippen MR) is 156 cm³/mol. The van der Waals surface area contributed by atoms with Crippen LogP contribution >= 0.6 is 7.60 Å². The van der Waals surface area contributed by atoms with Crippen LogP contribution in [0.1, 0.15) is 71.9 Å². The third-order valence-electron chi connectivity index (χ3n) is 8.67. The molecule has 1 saturated heterocycles. The zero-order chi connectivity index (χ0) is 28.8. The Balaban J connectivity index is 0.00000212. The van der Waals surface area contributed by atoms with E-state index >= 15 is 0 Å². The molecule has 2 aromatic heterocycles. The van der Waals surface area contributed by atoms with E-state index in [1.807, 2.05) is 37.3 Å². The van der Waals surface area contributed by atoms with Gasteiger partial charge in [0.05, 0.1) is 5.41 Å². The molecule has 1 amide bonds. The number of amides is 1.